The Morgan fingerprint density at radius 1 is 1.21 bits per heavy atom. The second-order valence-corrected chi connectivity index (χ2v) is 7.45. The van der Waals surface area contributed by atoms with Gasteiger partial charge in [-0.1, -0.05) is 6.92 Å². The lowest BCUT2D eigenvalue weighted by molar-refractivity contribution is -0.0281. The largest absolute Gasteiger partial charge is 0.378 e. The number of nitrogens with one attached hydrogen (secondary N) is 2. The second kappa shape index (κ2) is 7.96. The van der Waals surface area contributed by atoms with Crippen molar-refractivity contribution in [2.45, 2.75) is 32.5 Å². The molecule has 0 aliphatic carbocycles. The average Bonchev–Trinajstić information content (AvgIpc) is 3.11. The predicted molar refractivity (Wildman–Crippen MR) is 111 cm³/mol. The zero-order chi connectivity index (χ0) is 20.4. The predicted octanol–water partition coefficient (Wildman–Crippen LogP) is 2.89. The number of aromatic nitrogens is 2. The first-order valence-electron chi connectivity index (χ1n) is 10.0. The lowest BCUT2D eigenvalue weighted by atomic mass is 9.97. The summed E-state index contributed by atoms with van der Waals surface area (Å²) in [6.07, 6.45) is 0.841. The molecule has 1 fully saturated rings. The molecule has 2 N–H and O–H groups in total. The molecule has 8 heteroatoms. The summed E-state index contributed by atoms with van der Waals surface area (Å²) < 4.78 is 11.7. The molecular weight excluding hydrogens is 370 g/mol. The van der Waals surface area contributed by atoms with Gasteiger partial charge in [-0.3, -0.25) is 0 Å². The monoisotopic (exact) mass is 397 g/mol. The van der Waals surface area contributed by atoms with Crippen LogP contribution in [0.4, 0.5) is 16.3 Å². The number of carbonyl (C=O) groups is 1. The van der Waals surface area contributed by atoms with Crippen molar-refractivity contribution in [2.24, 2.45) is 0 Å². The van der Waals surface area contributed by atoms with Crippen LogP contribution in [0.2, 0.25) is 0 Å². The molecule has 29 heavy (non-hydrogen) atoms. The molecule has 2 aliphatic heterocycles. The van der Waals surface area contributed by atoms with Crippen molar-refractivity contribution >= 4 is 17.5 Å². The molecular formula is C21H27N5O3. The van der Waals surface area contributed by atoms with Crippen molar-refractivity contribution in [1.82, 2.24) is 15.3 Å². The number of anilines is 2. The fourth-order valence-corrected chi connectivity index (χ4v) is 3.67. The molecule has 3 heterocycles. The topological polar surface area (TPSA) is 88.6 Å². The molecule has 2 amide bonds. The molecule has 0 spiro atoms. The lowest BCUT2D eigenvalue weighted by Crippen LogP contribution is -2.37. The first kappa shape index (κ1) is 19.6. The summed E-state index contributed by atoms with van der Waals surface area (Å²) >= 11 is 0. The standard InChI is InChI=1S/C21H27N5O3/c1-4-21(2)17-16(13-29-21)19(26-9-11-28-12-10-26)25-18(24-17)14-5-7-15(8-6-14)23-20(27)22-3/h5-8H,4,9-13H2,1-3H3,(H2,22,23,27). The summed E-state index contributed by atoms with van der Waals surface area (Å²) in [5.41, 5.74) is 3.26. The molecule has 1 atom stereocenters. The molecule has 2 aromatic rings. The molecule has 2 aliphatic rings. The van der Waals surface area contributed by atoms with Gasteiger partial charge in [-0.2, -0.15) is 0 Å². The molecule has 154 valence electrons. The van der Waals surface area contributed by atoms with Gasteiger partial charge in [-0.15, -0.1) is 0 Å². The van der Waals surface area contributed by atoms with E-state index in [9.17, 15) is 4.79 Å². The third-order valence-electron chi connectivity index (χ3n) is 5.63. The Kier molecular flexibility index (Phi) is 5.38. The van der Waals surface area contributed by atoms with Crippen LogP contribution in [0.25, 0.3) is 11.4 Å². The number of urea groups is 1. The first-order chi connectivity index (χ1) is 14.0. The van der Waals surface area contributed by atoms with Gasteiger partial charge in [0.1, 0.15) is 11.4 Å². The summed E-state index contributed by atoms with van der Waals surface area (Å²) in [5.74, 6) is 1.61. The van der Waals surface area contributed by atoms with Crippen LogP contribution in [0.15, 0.2) is 24.3 Å². The van der Waals surface area contributed by atoms with Crippen molar-refractivity contribution in [3.63, 3.8) is 0 Å². The van der Waals surface area contributed by atoms with Gasteiger partial charge >= 0.3 is 6.03 Å². The van der Waals surface area contributed by atoms with Crippen molar-refractivity contribution in [2.75, 3.05) is 43.6 Å². The number of benzene rings is 1. The van der Waals surface area contributed by atoms with Crippen molar-refractivity contribution in [3.8, 4) is 11.4 Å². The number of nitrogens with zero attached hydrogens (tertiary/aromatic N) is 3. The van der Waals surface area contributed by atoms with Crippen molar-refractivity contribution in [3.05, 3.63) is 35.5 Å². The Labute approximate surface area is 170 Å². The zero-order valence-corrected chi connectivity index (χ0v) is 17.1. The summed E-state index contributed by atoms with van der Waals surface area (Å²) in [5, 5.41) is 5.31. The highest BCUT2D eigenvalue weighted by Crippen LogP contribution is 2.42. The number of rotatable bonds is 4. The Morgan fingerprint density at radius 2 is 1.93 bits per heavy atom. The Morgan fingerprint density at radius 3 is 2.59 bits per heavy atom. The summed E-state index contributed by atoms with van der Waals surface area (Å²) in [6.45, 7) is 7.74. The number of hydrogen-bond donors (Lipinski definition) is 2. The molecule has 0 saturated carbocycles. The molecule has 1 unspecified atom stereocenters. The third-order valence-corrected chi connectivity index (χ3v) is 5.63. The molecule has 1 aromatic heterocycles. The number of fused-ring (bicyclic) bond motifs is 1. The van der Waals surface area contributed by atoms with Crippen LogP contribution < -0.4 is 15.5 Å². The molecule has 1 aromatic carbocycles. The first-order valence-corrected chi connectivity index (χ1v) is 10.0. The number of ether oxygens (including phenoxy) is 2. The SMILES string of the molecule is CCC1(C)OCc2c(N3CCOCC3)nc(-c3ccc(NC(=O)NC)cc3)nc21. The van der Waals surface area contributed by atoms with E-state index in [2.05, 4.69) is 29.4 Å². The van der Waals surface area contributed by atoms with E-state index in [1.165, 1.54) is 0 Å². The van der Waals surface area contributed by atoms with E-state index < -0.39 is 5.60 Å². The second-order valence-electron chi connectivity index (χ2n) is 7.45. The van der Waals surface area contributed by atoms with Gasteiger partial charge < -0.3 is 25.0 Å². The normalized spacial score (nSPS) is 21.0. The molecule has 1 saturated heterocycles. The minimum absolute atomic E-state index is 0.253. The molecule has 4 rings (SSSR count). The summed E-state index contributed by atoms with van der Waals surface area (Å²) in [7, 11) is 1.59. The van der Waals surface area contributed by atoms with E-state index in [-0.39, 0.29) is 6.03 Å². The average molecular weight is 397 g/mol. The van der Waals surface area contributed by atoms with Gasteiger partial charge in [0.2, 0.25) is 0 Å². The van der Waals surface area contributed by atoms with E-state index in [4.69, 9.17) is 19.4 Å². The molecule has 0 bridgehead atoms. The van der Waals surface area contributed by atoms with Gasteiger partial charge in [-0.05, 0) is 37.6 Å². The fourth-order valence-electron chi connectivity index (χ4n) is 3.67. The van der Waals surface area contributed by atoms with Gasteiger partial charge in [-0.25, -0.2) is 14.8 Å². The van der Waals surface area contributed by atoms with Crippen LogP contribution >= 0.6 is 0 Å². The molecule has 0 radical (unpaired) electrons. The van der Waals surface area contributed by atoms with Crippen LogP contribution in [-0.2, 0) is 21.7 Å². The van der Waals surface area contributed by atoms with E-state index >= 15 is 0 Å². The maximum atomic E-state index is 11.5. The van der Waals surface area contributed by atoms with Crippen LogP contribution in [-0.4, -0.2) is 49.4 Å². The van der Waals surface area contributed by atoms with Crippen LogP contribution in [0, 0.1) is 0 Å². The highest BCUT2D eigenvalue weighted by molar-refractivity contribution is 5.89. The van der Waals surface area contributed by atoms with Crippen molar-refractivity contribution < 1.29 is 14.3 Å². The smallest absolute Gasteiger partial charge is 0.318 e. The van der Waals surface area contributed by atoms with Crippen molar-refractivity contribution in [1.29, 1.82) is 0 Å². The Hall–Kier alpha value is -2.71. The minimum atomic E-state index is -0.408. The maximum absolute atomic E-state index is 11.5. The van der Waals surface area contributed by atoms with Gasteiger partial charge in [0.15, 0.2) is 5.82 Å². The highest BCUT2D eigenvalue weighted by atomic mass is 16.5. The van der Waals surface area contributed by atoms with Gasteiger partial charge in [0, 0.05) is 37.0 Å². The summed E-state index contributed by atoms with van der Waals surface area (Å²) in [4.78, 5) is 23.6. The number of carbonyl (C=O) groups excluding carboxylic acids is 1. The van der Waals surface area contributed by atoms with Crippen LogP contribution in [0.3, 0.4) is 0 Å². The minimum Gasteiger partial charge on any atom is -0.378 e. The Bertz CT molecular complexity index is 896. The fraction of sp³-hybridized carbons (Fsp3) is 0.476. The quantitative estimate of drug-likeness (QED) is 0.825. The Balaban J connectivity index is 1.74. The zero-order valence-electron chi connectivity index (χ0n) is 17.1. The van der Waals surface area contributed by atoms with E-state index in [0.29, 0.717) is 31.3 Å². The van der Waals surface area contributed by atoms with Gasteiger partial charge in [0.05, 0.1) is 25.5 Å². The van der Waals surface area contributed by atoms with Crippen LogP contribution in [0.5, 0.6) is 0 Å². The van der Waals surface area contributed by atoms with Gasteiger partial charge in [0.25, 0.3) is 0 Å². The van der Waals surface area contributed by atoms with E-state index in [1.807, 2.05) is 24.3 Å². The van der Waals surface area contributed by atoms with E-state index in [0.717, 1.165) is 42.1 Å². The van der Waals surface area contributed by atoms with Crippen LogP contribution in [0.1, 0.15) is 31.5 Å². The van der Waals surface area contributed by atoms with E-state index in [1.54, 1.807) is 7.05 Å². The maximum Gasteiger partial charge on any atom is 0.318 e. The highest BCUT2D eigenvalue weighted by Gasteiger charge is 2.39. The lowest BCUT2D eigenvalue weighted by Gasteiger charge is -2.30. The molecule has 8 nitrogen and oxygen atoms in total. The third kappa shape index (κ3) is 3.77. The summed E-state index contributed by atoms with van der Waals surface area (Å²) in [6, 6.07) is 7.30. The number of morpholine rings is 1. The number of hydrogen-bond acceptors (Lipinski definition) is 6. The number of amides is 2.